The van der Waals surface area contributed by atoms with Crippen LogP contribution in [0.5, 0.6) is 0 Å². The van der Waals surface area contributed by atoms with Crippen molar-refractivity contribution in [2.24, 2.45) is 10.9 Å². The molecular formula is C16H15NO5. The van der Waals surface area contributed by atoms with Crippen molar-refractivity contribution >= 4 is 23.4 Å². The van der Waals surface area contributed by atoms with Crippen molar-refractivity contribution in [3.63, 3.8) is 0 Å². The van der Waals surface area contributed by atoms with Crippen LogP contribution in [0, 0.1) is 5.92 Å². The van der Waals surface area contributed by atoms with Gasteiger partial charge >= 0.3 is 0 Å². The molecule has 1 fully saturated rings. The fraction of sp³-hybridized carbons (Fsp3) is 0.375. The number of ether oxygens (including phenoxy) is 1. The Morgan fingerprint density at radius 3 is 2.32 bits per heavy atom. The lowest BCUT2D eigenvalue weighted by molar-refractivity contribution is -0.169. The lowest BCUT2D eigenvalue weighted by Gasteiger charge is -2.34. The van der Waals surface area contributed by atoms with Gasteiger partial charge in [0.2, 0.25) is 17.6 Å². The molecule has 1 aromatic carbocycles. The van der Waals surface area contributed by atoms with E-state index in [9.17, 15) is 19.5 Å². The summed E-state index contributed by atoms with van der Waals surface area (Å²) >= 11 is 0. The molecule has 1 heterocycles. The minimum Gasteiger partial charge on any atom is -0.459 e. The molecule has 6 heteroatoms. The predicted octanol–water partition coefficient (Wildman–Crippen LogP) is 0.658. The number of carbonyl (C=O) groups excluding carboxylic acids is 3. The summed E-state index contributed by atoms with van der Waals surface area (Å²) < 4.78 is 5.39. The van der Waals surface area contributed by atoms with Crippen molar-refractivity contribution in [1.82, 2.24) is 0 Å². The topological polar surface area (TPSA) is 93.0 Å². The van der Waals surface area contributed by atoms with Gasteiger partial charge in [-0.05, 0) is 18.1 Å². The van der Waals surface area contributed by atoms with Gasteiger partial charge in [-0.25, -0.2) is 0 Å². The summed E-state index contributed by atoms with van der Waals surface area (Å²) in [5.74, 6) is -2.30. The van der Waals surface area contributed by atoms with Gasteiger partial charge in [0.25, 0.3) is 5.91 Å². The highest BCUT2D eigenvalue weighted by molar-refractivity contribution is 6.19. The van der Waals surface area contributed by atoms with Gasteiger partial charge in [-0.3, -0.25) is 14.4 Å². The van der Waals surface area contributed by atoms with Crippen LogP contribution >= 0.6 is 0 Å². The Balaban J connectivity index is 1.90. The SMILES string of the molecule is CC1CC(=O)C(O)([C@@H]2OC(c3ccccc3)=NC2=O)C(=O)C1. The molecule has 0 spiro atoms. The summed E-state index contributed by atoms with van der Waals surface area (Å²) in [5, 5.41) is 10.5. The van der Waals surface area contributed by atoms with E-state index in [0.29, 0.717) is 5.56 Å². The van der Waals surface area contributed by atoms with E-state index in [1.165, 1.54) is 0 Å². The third-order valence-corrected chi connectivity index (χ3v) is 3.98. The second kappa shape index (κ2) is 5.14. The third kappa shape index (κ3) is 2.16. The van der Waals surface area contributed by atoms with Crippen LogP contribution in [0.25, 0.3) is 0 Å². The summed E-state index contributed by atoms with van der Waals surface area (Å²) in [5.41, 5.74) is -1.88. The maximum Gasteiger partial charge on any atom is 0.294 e. The molecule has 0 unspecified atom stereocenters. The van der Waals surface area contributed by atoms with Crippen molar-refractivity contribution in [1.29, 1.82) is 0 Å². The molecule has 22 heavy (non-hydrogen) atoms. The van der Waals surface area contributed by atoms with Gasteiger partial charge in [0.05, 0.1) is 0 Å². The molecule has 0 bridgehead atoms. The second-order valence-corrected chi connectivity index (χ2v) is 5.75. The molecule has 1 aliphatic heterocycles. The first-order valence-corrected chi connectivity index (χ1v) is 7.06. The summed E-state index contributed by atoms with van der Waals surface area (Å²) in [4.78, 5) is 40.1. The van der Waals surface area contributed by atoms with E-state index in [1.807, 2.05) is 0 Å². The fourth-order valence-electron chi connectivity index (χ4n) is 2.79. The first kappa shape index (κ1) is 14.6. The van der Waals surface area contributed by atoms with Crippen molar-refractivity contribution < 1.29 is 24.2 Å². The minimum atomic E-state index is -2.43. The average molecular weight is 301 g/mol. The van der Waals surface area contributed by atoms with Crippen molar-refractivity contribution in [2.45, 2.75) is 31.5 Å². The van der Waals surface area contributed by atoms with E-state index >= 15 is 0 Å². The molecule has 114 valence electrons. The monoisotopic (exact) mass is 301 g/mol. The highest BCUT2D eigenvalue weighted by atomic mass is 16.5. The van der Waals surface area contributed by atoms with Gasteiger partial charge in [0.15, 0.2) is 11.6 Å². The standard InChI is InChI=1S/C16H15NO5/c1-9-7-11(18)16(21,12(19)8-9)13-14(20)17-15(22-13)10-5-3-2-4-6-10/h2-6,9,13,21H,7-8H2,1H3/t9?,13-,16?/m1/s1. The number of aliphatic hydroxyl groups is 1. The Bertz CT molecular complexity index is 661. The van der Waals surface area contributed by atoms with Gasteiger partial charge in [-0.2, -0.15) is 4.99 Å². The quantitative estimate of drug-likeness (QED) is 0.810. The largest absolute Gasteiger partial charge is 0.459 e. The molecule has 0 radical (unpaired) electrons. The van der Waals surface area contributed by atoms with E-state index in [0.717, 1.165) is 0 Å². The predicted molar refractivity (Wildman–Crippen MR) is 76.2 cm³/mol. The van der Waals surface area contributed by atoms with Crippen LogP contribution < -0.4 is 0 Å². The first-order valence-electron chi connectivity index (χ1n) is 7.06. The number of hydrogen-bond acceptors (Lipinski definition) is 5. The number of amides is 1. The van der Waals surface area contributed by atoms with E-state index in [2.05, 4.69) is 4.99 Å². The molecule has 1 saturated carbocycles. The van der Waals surface area contributed by atoms with Crippen LogP contribution in [0.1, 0.15) is 25.3 Å². The van der Waals surface area contributed by atoms with Crippen LogP contribution in [0.3, 0.4) is 0 Å². The van der Waals surface area contributed by atoms with Crippen LogP contribution in [-0.4, -0.2) is 40.2 Å². The highest BCUT2D eigenvalue weighted by Gasteiger charge is 2.59. The maximum absolute atomic E-state index is 12.2. The lowest BCUT2D eigenvalue weighted by Crippen LogP contribution is -2.61. The number of nitrogens with zero attached hydrogens (tertiary/aromatic N) is 1. The summed E-state index contributed by atoms with van der Waals surface area (Å²) in [7, 11) is 0. The van der Waals surface area contributed by atoms with Crippen LogP contribution in [0.4, 0.5) is 0 Å². The first-order chi connectivity index (χ1) is 10.4. The zero-order chi connectivity index (χ0) is 15.9. The van der Waals surface area contributed by atoms with E-state index < -0.39 is 29.2 Å². The maximum atomic E-state index is 12.2. The Hall–Kier alpha value is -2.34. The van der Waals surface area contributed by atoms with Crippen molar-refractivity contribution in [3.8, 4) is 0 Å². The van der Waals surface area contributed by atoms with Gasteiger partial charge in [0.1, 0.15) is 0 Å². The Morgan fingerprint density at radius 1 is 1.14 bits per heavy atom. The molecule has 2 aliphatic rings. The number of Topliss-reactive ketones (excluding diaryl/α,β-unsaturated/α-hetero) is 2. The number of carbonyl (C=O) groups is 3. The third-order valence-electron chi connectivity index (χ3n) is 3.98. The number of ketones is 2. The summed E-state index contributed by atoms with van der Waals surface area (Å²) in [6.07, 6.45) is -1.51. The number of aliphatic imine (C=N–C) groups is 1. The smallest absolute Gasteiger partial charge is 0.294 e. The Morgan fingerprint density at radius 2 is 1.73 bits per heavy atom. The number of benzene rings is 1. The summed E-state index contributed by atoms with van der Waals surface area (Å²) in [6.45, 7) is 1.75. The minimum absolute atomic E-state index is 0.0169. The number of hydrogen-bond donors (Lipinski definition) is 1. The van der Waals surface area contributed by atoms with Gasteiger partial charge in [-0.1, -0.05) is 25.1 Å². The van der Waals surface area contributed by atoms with Gasteiger partial charge in [-0.15, -0.1) is 0 Å². The molecule has 1 amide bonds. The molecule has 1 aliphatic carbocycles. The van der Waals surface area contributed by atoms with E-state index in [1.54, 1.807) is 37.3 Å². The van der Waals surface area contributed by atoms with Crippen molar-refractivity contribution in [3.05, 3.63) is 35.9 Å². The Labute approximate surface area is 126 Å². The van der Waals surface area contributed by atoms with Crippen LogP contribution in [0.2, 0.25) is 0 Å². The van der Waals surface area contributed by atoms with E-state index in [4.69, 9.17) is 4.74 Å². The fourth-order valence-corrected chi connectivity index (χ4v) is 2.79. The zero-order valence-corrected chi connectivity index (χ0v) is 12.0. The molecule has 1 aromatic rings. The molecule has 1 atom stereocenters. The van der Waals surface area contributed by atoms with E-state index in [-0.39, 0.29) is 24.7 Å². The normalized spacial score (nSPS) is 31.9. The molecule has 6 nitrogen and oxygen atoms in total. The van der Waals surface area contributed by atoms with Gasteiger partial charge < -0.3 is 9.84 Å². The Kier molecular flexibility index (Phi) is 3.41. The highest BCUT2D eigenvalue weighted by Crippen LogP contribution is 2.33. The second-order valence-electron chi connectivity index (χ2n) is 5.75. The number of rotatable bonds is 2. The average Bonchev–Trinajstić information content (AvgIpc) is 2.88. The summed E-state index contributed by atoms with van der Waals surface area (Å²) in [6, 6.07) is 8.65. The molecule has 0 aromatic heterocycles. The van der Waals surface area contributed by atoms with Gasteiger partial charge in [0, 0.05) is 18.4 Å². The lowest BCUT2D eigenvalue weighted by atomic mass is 9.74. The van der Waals surface area contributed by atoms with Crippen LogP contribution in [-0.2, 0) is 19.1 Å². The molecular weight excluding hydrogens is 286 g/mol. The molecule has 1 N–H and O–H groups in total. The van der Waals surface area contributed by atoms with Crippen molar-refractivity contribution in [2.75, 3.05) is 0 Å². The zero-order valence-electron chi connectivity index (χ0n) is 12.0. The van der Waals surface area contributed by atoms with Crippen LogP contribution in [0.15, 0.2) is 35.3 Å². The molecule has 0 saturated heterocycles. The molecule has 3 rings (SSSR count).